The minimum atomic E-state index is -1.05. The van der Waals surface area contributed by atoms with Crippen LogP contribution in [0.5, 0.6) is 0 Å². The SMILES string of the molecule is CCCCCCCCCCCCCCCCCC(=O)N(CC(=O)OCCCCCCCCCCCC)CC(O)CO. The Bertz CT molecular complexity index is 571. The molecule has 0 spiro atoms. The standard InChI is InChI=1S/C35H69NO5/c1-3-5-7-9-11-13-15-16-17-18-19-20-22-24-26-28-34(39)36(30-33(38)32-37)31-35(40)41-29-27-25-23-21-14-12-10-8-6-4-2/h33,37-38H,3-32H2,1-2H3. The van der Waals surface area contributed by atoms with E-state index in [0.29, 0.717) is 13.0 Å². The van der Waals surface area contributed by atoms with E-state index in [2.05, 4.69) is 13.8 Å². The summed E-state index contributed by atoms with van der Waals surface area (Å²) < 4.78 is 5.36. The van der Waals surface area contributed by atoms with Crippen molar-refractivity contribution in [3.63, 3.8) is 0 Å². The van der Waals surface area contributed by atoms with Crippen LogP contribution in [0, 0.1) is 0 Å². The molecule has 0 aromatic carbocycles. The van der Waals surface area contributed by atoms with Gasteiger partial charge < -0.3 is 19.8 Å². The molecule has 0 aliphatic carbocycles. The Balaban J connectivity index is 3.88. The smallest absolute Gasteiger partial charge is 0.325 e. The maximum atomic E-state index is 12.7. The molecule has 6 heteroatoms. The number of aliphatic hydroxyl groups is 2. The van der Waals surface area contributed by atoms with Crippen LogP contribution in [-0.4, -0.2) is 59.4 Å². The summed E-state index contributed by atoms with van der Waals surface area (Å²) in [4.78, 5) is 26.4. The zero-order valence-corrected chi connectivity index (χ0v) is 27.4. The Labute approximate surface area is 254 Å². The highest BCUT2D eigenvalue weighted by molar-refractivity contribution is 5.82. The van der Waals surface area contributed by atoms with Crippen molar-refractivity contribution in [2.24, 2.45) is 0 Å². The van der Waals surface area contributed by atoms with Crippen LogP contribution < -0.4 is 0 Å². The minimum Gasteiger partial charge on any atom is -0.464 e. The van der Waals surface area contributed by atoms with Crippen molar-refractivity contribution in [1.82, 2.24) is 4.90 Å². The molecule has 0 radical (unpaired) electrons. The van der Waals surface area contributed by atoms with Gasteiger partial charge in [0.25, 0.3) is 0 Å². The van der Waals surface area contributed by atoms with Gasteiger partial charge >= 0.3 is 5.97 Å². The molecule has 0 fully saturated rings. The van der Waals surface area contributed by atoms with Crippen molar-refractivity contribution in [2.75, 3.05) is 26.3 Å². The molecule has 0 saturated carbocycles. The normalized spacial score (nSPS) is 12.0. The Morgan fingerprint density at radius 3 is 1.34 bits per heavy atom. The van der Waals surface area contributed by atoms with E-state index >= 15 is 0 Å². The summed E-state index contributed by atoms with van der Waals surface area (Å²) in [6, 6.07) is 0. The molecule has 0 heterocycles. The van der Waals surface area contributed by atoms with Crippen molar-refractivity contribution >= 4 is 11.9 Å². The molecular weight excluding hydrogens is 514 g/mol. The molecule has 0 bridgehead atoms. The lowest BCUT2D eigenvalue weighted by Gasteiger charge is -2.24. The summed E-state index contributed by atoms with van der Waals surface area (Å²) in [6.07, 6.45) is 30.6. The van der Waals surface area contributed by atoms with Crippen LogP contribution >= 0.6 is 0 Å². The molecule has 1 amide bonds. The van der Waals surface area contributed by atoms with Gasteiger partial charge in [0.15, 0.2) is 0 Å². The Morgan fingerprint density at radius 2 is 0.951 bits per heavy atom. The number of hydrogen-bond donors (Lipinski definition) is 2. The van der Waals surface area contributed by atoms with Crippen molar-refractivity contribution in [3.05, 3.63) is 0 Å². The van der Waals surface area contributed by atoms with Crippen LogP contribution in [-0.2, 0) is 14.3 Å². The van der Waals surface area contributed by atoms with Crippen LogP contribution in [0.15, 0.2) is 0 Å². The second-order valence-electron chi connectivity index (χ2n) is 12.2. The molecule has 6 nitrogen and oxygen atoms in total. The Kier molecular flexibility index (Phi) is 30.9. The number of ether oxygens (including phenoxy) is 1. The van der Waals surface area contributed by atoms with Gasteiger partial charge in [0.1, 0.15) is 6.54 Å². The van der Waals surface area contributed by atoms with Gasteiger partial charge in [-0.15, -0.1) is 0 Å². The third kappa shape index (κ3) is 28.7. The lowest BCUT2D eigenvalue weighted by atomic mass is 10.0. The number of rotatable bonds is 32. The predicted octanol–water partition coefficient (Wildman–Crippen LogP) is 8.89. The first kappa shape index (κ1) is 39.9. The first-order valence-corrected chi connectivity index (χ1v) is 17.8. The summed E-state index contributed by atoms with van der Waals surface area (Å²) in [6.45, 7) is 4.24. The van der Waals surface area contributed by atoms with Crippen LogP contribution in [0.3, 0.4) is 0 Å². The van der Waals surface area contributed by atoms with Gasteiger partial charge in [-0.1, -0.05) is 162 Å². The maximum absolute atomic E-state index is 12.7. The third-order valence-corrected chi connectivity index (χ3v) is 8.07. The lowest BCUT2D eigenvalue weighted by Crippen LogP contribution is -2.42. The summed E-state index contributed by atoms with van der Waals surface area (Å²) >= 11 is 0. The first-order chi connectivity index (χ1) is 20.0. The highest BCUT2D eigenvalue weighted by Gasteiger charge is 2.20. The van der Waals surface area contributed by atoms with E-state index in [1.165, 1.54) is 127 Å². The second kappa shape index (κ2) is 31.8. The van der Waals surface area contributed by atoms with E-state index in [4.69, 9.17) is 4.74 Å². The van der Waals surface area contributed by atoms with E-state index in [-0.39, 0.29) is 19.0 Å². The predicted molar refractivity (Wildman–Crippen MR) is 172 cm³/mol. The van der Waals surface area contributed by atoms with E-state index in [0.717, 1.165) is 38.5 Å². The van der Waals surface area contributed by atoms with Gasteiger partial charge in [-0.3, -0.25) is 9.59 Å². The van der Waals surface area contributed by atoms with Crippen molar-refractivity contribution in [1.29, 1.82) is 0 Å². The molecule has 2 N–H and O–H groups in total. The number of nitrogens with zero attached hydrogens (tertiary/aromatic N) is 1. The molecule has 41 heavy (non-hydrogen) atoms. The zero-order valence-electron chi connectivity index (χ0n) is 27.4. The van der Waals surface area contributed by atoms with Gasteiger partial charge in [0.2, 0.25) is 5.91 Å². The lowest BCUT2D eigenvalue weighted by molar-refractivity contribution is -0.150. The molecule has 1 atom stereocenters. The van der Waals surface area contributed by atoms with Crippen LogP contribution in [0.25, 0.3) is 0 Å². The number of carbonyl (C=O) groups is 2. The zero-order chi connectivity index (χ0) is 30.2. The fourth-order valence-corrected chi connectivity index (χ4v) is 5.35. The Morgan fingerprint density at radius 1 is 0.585 bits per heavy atom. The molecule has 0 rings (SSSR count). The summed E-state index contributed by atoms with van der Waals surface area (Å²) in [7, 11) is 0. The fraction of sp³-hybridized carbons (Fsp3) is 0.943. The number of esters is 1. The maximum Gasteiger partial charge on any atom is 0.325 e. The topological polar surface area (TPSA) is 87.1 Å². The Hall–Kier alpha value is -1.14. The minimum absolute atomic E-state index is 0.0402. The number of amides is 1. The summed E-state index contributed by atoms with van der Waals surface area (Å²) in [5.41, 5.74) is 0. The highest BCUT2D eigenvalue weighted by Crippen LogP contribution is 2.14. The molecule has 0 aliphatic heterocycles. The number of aliphatic hydroxyl groups excluding tert-OH is 2. The van der Waals surface area contributed by atoms with Crippen molar-refractivity contribution in [2.45, 2.75) is 187 Å². The van der Waals surface area contributed by atoms with E-state index in [1.54, 1.807) is 0 Å². The molecular formula is C35H69NO5. The van der Waals surface area contributed by atoms with Crippen LogP contribution in [0.1, 0.15) is 181 Å². The average Bonchev–Trinajstić information content (AvgIpc) is 2.97. The molecule has 0 saturated heterocycles. The van der Waals surface area contributed by atoms with Crippen LogP contribution in [0.4, 0.5) is 0 Å². The van der Waals surface area contributed by atoms with E-state index in [9.17, 15) is 19.8 Å². The van der Waals surface area contributed by atoms with Crippen molar-refractivity contribution < 1.29 is 24.5 Å². The number of hydrogen-bond acceptors (Lipinski definition) is 5. The molecule has 0 aromatic heterocycles. The number of carbonyl (C=O) groups excluding carboxylic acids is 2. The fourth-order valence-electron chi connectivity index (χ4n) is 5.35. The molecule has 244 valence electrons. The van der Waals surface area contributed by atoms with Gasteiger partial charge in [-0.05, 0) is 12.8 Å². The third-order valence-electron chi connectivity index (χ3n) is 8.07. The quantitative estimate of drug-likeness (QED) is 0.0610. The number of unbranched alkanes of at least 4 members (excludes halogenated alkanes) is 23. The van der Waals surface area contributed by atoms with Gasteiger partial charge in [-0.2, -0.15) is 0 Å². The van der Waals surface area contributed by atoms with Gasteiger partial charge in [0.05, 0.1) is 19.3 Å². The van der Waals surface area contributed by atoms with Gasteiger partial charge in [0, 0.05) is 13.0 Å². The summed E-state index contributed by atoms with van der Waals surface area (Å²) in [5.74, 6) is -0.584. The summed E-state index contributed by atoms with van der Waals surface area (Å²) in [5, 5.41) is 19.1. The van der Waals surface area contributed by atoms with Crippen molar-refractivity contribution in [3.8, 4) is 0 Å². The highest BCUT2D eigenvalue weighted by atomic mass is 16.5. The monoisotopic (exact) mass is 584 g/mol. The molecule has 0 aliphatic rings. The second-order valence-corrected chi connectivity index (χ2v) is 12.2. The van der Waals surface area contributed by atoms with E-state index in [1.807, 2.05) is 0 Å². The average molecular weight is 584 g/mol. The molecule has 0 aromatic rings. The first-order valence-electron chi connectivity index (χ1n) is 17.8. The molecule has 1 unspecified atom stereocenters. The van der Waals surface area contributed by atoms with Gasteiger partial charge in [-0.25, -0.2) is 0 Å². The van der Waals surface area contributed by atoms with E-state index < -0.39 is 18.7 Å². The largest absolute Gasteiger partial charge is 0.464 e. The van der Waals surface area contributed by atoms with Crippen LogP contribution in [0.2, 0.25) is 0 Å².